The molecule has 154 valence electrons. The van der Waals surface area contributed by atoms with Crippen LogP contribution in [0.5, 0.6) is 0 Å². The molecule has 0 heterocycles. The first-order valence-corrected chi connectivity index (χ1v) is 11.1. The molecule has 0 aliphatic heterocycles. The van der Waals surface area contributed by atoms with Crippen molar-refractivity contribution in [2.45, 2.75) is 6.04 Å². The molecule has 0 saturated heterocycles. The summed E-state index contributed by atoms with van der Waals surface area (Å²) in [6.45, 7) is 0. The fourth-order valence-corrected chi connectivity index (χ4v) is 3.79. The van der Waals surface area contributed by atoms with Gasteiger partial charge in [0.05, 0.1) is 12.3 Å². The molecule has 0 radical (unpaired) electrons. The maximum atomic E-state index is 12.0. The molecule has 1 unspecified atom stereocenters. The van der Waals surface area contributed by atoms with Crippen molar-refractivity contribution < 1.29 is 18.4 Å². The van der Waals surface area contributed by atoms with E-state index in [0.29, 0.717) is 5.56 Å². The molecular weight excluding hydrogens is 400 g/mol. The SMILES string of the molecule is CS(=O)(=O)NC(c1ccc(-c2ccccc2)cc1)c1cccc(/C=C/C(=O)NO)c1. The number of nitrogens with one attached hydrogen (secondary N) is 2. The lowest BCUT2D eigenvalue weighted by Crippen LogP contribution is -2.28. The molecule has 1 atom stereocenters. The Morgan fingerprint density at radius 3 is 2.20 bits per heavy atom. The fraction of sp³-hybridized carbons (Fsp3) is 0.0870. The maximum Gasteiger partial charge on any atom is 0.267 e. The summed E-state index contributed by atoms with van der Waals surface area (Å²) in [5.74, 6) is -0.650. The van der Waals surface area contributed by atoms with Crippen LogP contribution >= 0.6 is 0 Å². The van der Waals surface area contributed by atoms with Crippen LogP contribution in [0.1, 0.15) is 22.7 Å². The molecular formula is C23H22N2O4S. The minimum atomic E-state index is -3.49. The van der Waals surface area contributed by atoms with E-state index in [-0.39, 0.29) is 0 Å². The quantitative estimate of drug-likeness (QED) is 0.308. The van der Waals surface area contributed by atoms with E-state index in [1.807, 2.05) is 60.7 Å². The normalized spacial score (nSPS) is 12.6. The van der Waals surface area contributed by atoms with Gasteiger partial charge >= 0.3 is 0 Å². The Hall–Kier alpha value is -3.26. The van der Waals surface area contributed by atoms with Gasteiger partial charge in [0.2, 0.25) is 10.0 Å². The number of hydroxylamine groups is 1. The van der Waals surface area contributed by atoms with E-state index in [2.05, 4.69) is 4.72 Å². The smallest absolute Gasteiger partial charge is 0.267 e. The number of carbonyl (C=O) groups excluding carboxylic acids is 1. The fourth-order valence-electron chi connectivity index (χ4n) is 3.09. The molecule has 0 spiro atoms. The summed E-state index contributed by atoms with van der Waals surface area (Å²) >= 11 is 0. The van der Waals surface area contributed by atoms with Gasteiger partial charge in [-0.25, -0.2) is 18.6 Å². The van der Waals surface area contributed by atoms with Crippen LogP contribution in [0.4, 0.5) is 0 Å². The van der Waals surface area contributed by atoms with Gasteiger partial charge in [-0.1, -0.05) is 72.8 Å². The molecule has 0 fully saturated rings. The summed E-state index contributed by atoms with van der Waals surface area (Å²) < 4.78 is 26.7. The molecule has 7 heteroatoms. The van der Waals surface area contributed by atoms with Crippen LogP contribution in [-0.4, -0.2) is 25.8 Å². The highest BCUT2D eigenvalue weighted by Gasteiger charge is 2.18. The van der Waals surface area contributed by atoms with Crippen LogP contribution in [0.15, 0.2) is 84.9 Å². The molecule has 0 aromatic heterocycles. The third kappa shape index (κ3) is 5.87. The second kappa shape index (κ2) is 9.49. The number of carbonyl (C=O) groups is 1. The zero-order valence-corrected chi connectivity index (χ0v) is 17.1. The molecule has 0 aliphatic rings. The monoisotopic (exact) mass is 422 g/mol. The summed E-state index contributed by atoms with van der Waals surface area (Å²) in [5.41, 5.74) is 5.84. The minimum absolute atomic E-state index is 0.593. The molecule has 3 N–H and O–H groups in total. The van der Waals surface area contributed by atoms with Gasteiger partial charge in [-0.3, -0.25) is 10.0 Å². The topological polar surface area (TPSA) is 95.5 Å². The van der Waals surface area contributed by atoms with Crippen LogP contribution in [-0.2, 0) is 14.8 Å². The first-order chi connectivity index (χ1) is 14.4. The molecule has 3 aromatic carbocycles. The van der Waals surface area contributed by atoms with Crippen LogP contribution < -0.4 is 10.2 Å². The standard InChI is InChI=1S/C23H22N2O4S/c1-30(28,29)25-23(21-9-5-6-17(16-21)10-15-22(26)24-27)20-13-11-19(12-14-20)18-7-3-2-4-8-18/h2-16,23,25,27H,1H3,(H,24,26)/b15-10+. The van der Waals surface area contributed by atoms with Crippen LogP contribution in [0.25, 0.3) is 17.2 Å². The lowest BCUT2D eigenvalue weighted by molar-refractivity contribution is -0.124. The third-order valence-corrected chi connectivity index (χ3v) is 5.13. The van der Waals surface area contributed by atoms with Crippen molar-refractivity contribution in [3.63, 3.8) is 0 Å². The van der Waals surface area contributed by atoms with E-state index in [4.69, 9.17) is 5.21 Å². The number of sulfonamides is 1. The number of rotatable bonds is 7. The number of hydrogen-bond acceptors (Lipinski definition) is 4. The molecule has 0 saturated carbocycles. The van der Waals surface area contributed by atoms with Gasteiger partial charge in [0, 0.05) is 6.08 Å². The molecule has 0 bridgehead atoms. The summed E-state index contributed by atoms with van der Waals surface area (Å²) in [6, 6.07) is 24.2. The highest BCUT2D eigenvalue weighted by molar-refractivity contribution is 7.88. The van der Waals surface area contributed by atoms with Gasteiger partial charge in [-0.2, -0.15) is 0 Å². The van der Waals surface area contributed by atoms with E-state index < -0.39 is 22.0 Å². The lowest BCUT2D eigenvalue weighted by atomic mass is 9.95. The summed E-state index contributed by atoms with van der Waals surface area (Å²) in [6.07, 6.45) is 3.84. The van der Waals surface area contributed by atoms with Crippen LogP contribution in [0.2, 0.25) is 0 Å². The van der Waals surface area contributed by atoms with E-state index in [0.717, 1.165) is 28.5 Å². The summed E-state index contributed by atoms with van der Waals surface area (Å²) in [5, 5.41) is 8.61. The molecule has 3 aromatic rings. The largest absolute Gasteiger partial charge is 0.288 e. The van der Waals surface area contributed by atoms with E-state index in [9.17, 15) is 13.2 Å². The zero-order valence-electron chi connectivity index (χ0n) is 16.3. The molecule has 3 rings (SSSR count). The van der Waals surface area contributed by atoms with Crippen molar-refractivity contribution in [2.75, 3.05) is 6.26 Å². The van der Waals surface area contributed by atoms with Gasteiger partial charge in [-0.05, 0) is 40.0 Å². The predicted octanol–water partition coefficient (Wildman–Crippen LogP) is 3.51. The van der Waals surface area contributed by atoms with Gasteiger partial charge in [0.25, 0.3) is 5.91 Å². The average Bonchev–Trinajstić information content (AvgIpc) is 2.76. The van der Waals surface area contributed by atoms with Crippen molar-refractivity contribution in [1.82, 2.24) is 10.2 Å². The van der Waals surface area contributed by atoms with Crippen LogP contribution in [0, 0.1) is 0 Å². The van der Waals surface area contributed by atoms with Gasteiger partial charge in [-0.15, -0.1) is 0 Å². The second-order valence-corrected chi connectivity index (χ2v) is 8.57. The number of benzene rings is 3. The van der Waals surface area contributed by atoms with E-state index >= 15 is 0 Å². The third-order valence-electron chi connectivity index (χ3n) is 4.46. The van der Waals surface area contributed by atoms with Gasteiger partial charge in [0.1, 0.15) is 0 Å². The number of hydrogen-bond donors (Lipinski definition) is 3. The van der Waals surface area contributed by atoms with Crippen molar-refractivity contribution in [1.29, 1.82) is 0 Å². The summed E-state index contributed by atoms with van der Waals surface area (Å²) in [7, 11) is -3.49. The first kappa shape index (κ1) is 21.4. The Balaban J connectivity index is 1.96. The highest BCUT2D eigenvalue weighted by Crippen LogP contribution is 2.27. The Labute approximate surface area is 175 Å². The van der Waals surface area contributed by atoms with Gasteiger partial charge < -0.3 is 0 Å². The Morgan fingerprint density at radius 1 is 0.900 bits per heavy atom. The van der Waals surface area contributed by atoms with Crippen molar-refractivity contribution in [3.05, 3.63) is 102 Å². The molecule has 1 amide bonds. The number of amides is 1. The molecule has 6 nitrogen and oxygen atoms in total. The average molecular weight is 423 g/mol. The van der Waals surface area contributed by atoms with Crippen molar-refractivity contribution >= 4 is 22.0 Å². The Kier molecular flexibility index (Phi) is 6.79. The second-order valence-electron chi connectivity index (χ2n) is 6.79. The minimum Gasteiger partial charge on any atom is -0.288 e. The predicted molar refractivity (Wildman–Crippen MR) is 117 cm³/mol. The lowest BCUT2D eigenvalue weighted by Gasteiger charge is -2.19. The summed E-state index contributed by atoms with van der Waals surface area (Å²) in [4.78, 5) is 11.2. The van der Waals surface area contributed by atoms with E-state index in [1.165, 1.54) is 17.6 Å². The van der Waals surface area contributed by atoms with Crippen molar-refractivity contribution in [2.24, 2.45) is 0 Å². The first-order valence-electron chi connectivity index (χ1n) is 9.20. The van der Waals surface area contributed by atoms with Crippen molar-refractivity contribution in [3.8, 4) is 11.1 Å². The Bertz CT molecular complexity index is 1140. The molecule has 30 heavy (non-hydrogen) atoms. The highest BCUT2D eigenvalue weighted by atomic mass is 32.2. The van der Waals surface area contributed by atoms with E-state index in [1.54, 1.807) is 18.2 Å². The van der Waals surface area contributed by atoms with Gasteiger partial charge in [0.15, 0.2) is 0 Å². The Morgan fingerprint density at radius 2 is 1.57 bits per heavy atom. The molecule has 0 aliphatic carbocycles. The zero-order chi connectivity index (χ0) is 21.6. The maximum absolute atomic E-state index is 12.0. The van der Waals surface area contributed by atoms with Crippen LogP contribution in [0.3, 0.4) is 0 Å².